The number of phenols is 2. The number of terminal acetylenes is 2. The third-order valence-corrected chi connectivity index (χ3v) is 2.82. The maximum Gasteiger partial charge on any atom is 0.342 e. The number of hydrogen-bond donors (Lipinski definition) is 2. The third kappa shape index (κ3) is 6.31. The van der Waals surface area contributed by atoms with Crippen LogP contribution in [0.2, 0.25) is 0 Å². The van der Waals surface area contributed by atoms with Crippen molar-refractivity contribution in [2.75, 3.05) is 13.2 Å². The summed E-state index contributed by atoms with van der Waals surface area (Å²) < 4.78 is 9.25. The second-order valence-corrected chi connectivity index (χ2v) is 4.59. The van der Waals surface area contributed by atoms with Gasteiger partial charge in [0.1, 0.15) is 22.6 Å². The fraction of sp³-hybridized carbons (Fsp3) is 0.100. The van der Waals surface area contributed by atoms with E-state index in [0.29, 0.717) is 0 Å². The van der Waals surface area contributed by atoms with Crippen LogP contribution >= 0.6 is 0 Å². The van der Waals surface area contributed by atoms with Gasteiger partial charge in [0.15, 0.2) is 13.2 Å². The van der Waals surface area contributed by atoms with Crippen LogP contribution in [0.1, 0.15) is 20.7 Å². The monoisotopic (exact) mass is 352 g/mol. The van der Waals surface area contributed by atoms with Crippen LogP contribution in [0.3, 0.4) is 0 Å². The lowest BCUT2D eigenvalue weighted by Gasteiger charge is -2.02. The molecular formula is C20H16O6. The van der Waals surface area contributed by atoms with Gasteiger partial charge in [-0.1, -0.05) is 36.1 Å². The zero-order valence-electron chi connectivity index (χ0n) is 13.7. The first-order chi connectivity index (χ1) is 12.5. The molecular weight excluding hydrogens is 336 g/mol. The SMILES string of the molecule is C#CCOC(=O)c1ccccc1O.C#CCOC(=O)c1ccccc1O. The Labute approximate surface area is 151 Å². The molecule has 0 heterocycles. The average Bonchev–Trinajstić information content (AvgIpc) is 2.65. The lowest BCUT2D eigenvalue weighted by atomic mass is 10.2. The number of hydrogen-bond acceptors (Lipinski definition) is 6. The van der Waals surface area contributed by atoms with E-state index in [0.717, 1.165) is 0 Å². The number of esters is 2. The Morgan fingerprint density at radius 2 is 1.12 bits per heavy atom. The van der Waals surface area contributed by atoms with Crippen LogP contribution in [0.15, 0.2) is 48.5 Å². The fourth-order valence-corrected chi connectivity index (χ4v) is 1.66. The van der Waals surface area contributed by atoms with Crippen molar-refractivity contribution >= 4 is 11.9 Å². The van der Waals surface area contributed by atoms with E-state index in [1.807, 2.05) is 0 Å². The quantitative estimate of drug-likeness (QED) is 0.648. The number of carbonyl (C=O) groups excluding carboxylic acids is 2. The molecule has 0 unspecified atom stereocenters. The highest BCUT2D eigenvalue weighted by Crippen LogP contribution is 2.16. The molecule has 0 radical (unpaired) electrons. The molecule has 0 bridgehead atoms. The number of aromatic hydroxyl groups is 2. The maximum absolute atomic E-state index is 11.1. The van der Waals surface area contributed by atoms with E-state index in [-0.39, 0.29) is 35.8 Å². The topological polar surface area (TPSA) is 93.1 Å². The lowest BCUT2D eigenvalue weighted by Crippen LogP contribution is -2.05. The van der Waals surface area contributed by atoms with Gasteiger partial charge in [-0.2, -0.15) is 0 Å². The molecule has 0 saturated carbocycles. The normalized spacial score (nSPS) is 8.85. The van der Waals surface area contributed by atoms with Crippen molar-refractivity contribution in [3.8, 4) is 36.2 Å². The van der Waals surface area contributed by atoms with Gasteiger partial charge in [-0.05, 0) is 24.3 Å². The predicted octanol–water partition coefficient (Wildman–Crippen LogP) is 2.36. The second-order valence-electron chi connectivity index (χ2n) is 4.59. The standard InChI is InChI=1S/2C10H8O3/c2*1-2-7-13-10(12)8-5-3-4-6-9(8)11/h2*1,3-6,11H,7H2. The van der Waals surface area contributed by atoms with E-state index in [4.69, 9.17) is 12.8 Å². The summed E-state index contributed by atoms with van der Waals surface area (Å²) in [6.07, 6.45) is 9.81. The van der Waals surface area contributed by atoms with Crippen molar-refractivity contribution in [1.82, 2.24) is 0 Å². The minimum absolute atomic E-state index is 0.0901. The van der Waals surface area contributed by atoms with E-state index in [1.165, 1.54) is 24.3 Å². The lowest BCUT2D eigenvalue weighted by molar-refractivity contribution is 0.0543. The number of phenolic OH excluding ortho intramolecular Hbond substituents is 2. The number of para-hydroxylation sites is 2. The van der Waals surface area contributed by atoms with Gasteiger partial charge in [-0.15, -0.1) is 12.8 Å². The molecule has 26 heavy (non-hydrogen) atoms. The highest BCUT2D eigenvalue weighted by atomic mass is 16.5. The van der Waals surface area contributed by atoms with Crippen molar-refractivity contribution in [3.05, 3.63) is 59.7 Å². The molecule has 2 aromatic rings. The van der Waals surface area contributed by atoms with E-state index in [1.54, 1.807) is 24.3 Å². The molecule has 0 fully saturated rings. The van der Waals surface area contributed by atoms with E-state index < -0.39 is 11.9 Å². The minimum Gasteiger partial charge on any atom is -0.507 e. The van der Waals surface area contributed by atoms with Gasteiger partial charge < -0.3 is 19.7 Å². The summed E-state index contributed by atoms with van der Waals surface area (Å²) in [6.45, 7) is -0.180. The Bertz CT molecular complexity index is 770. The van der Waals surface area contributed by atoms with Gasteiger partial charge >= 0.3 is 11.9 Å². The van der Waals surface area contributed by atoms with Gasteiger partial charge in [0, 0.05) is 0 Å². The Morgan fingerprint density at radius 1 is 0.769 bits per heavy atom. The first kappa shape index (κ1) is 20.1. The zero-order chi connectivity index (χ0) is 19.4. The van der Waals surface area contributed by atoms with Crippen LogP contribution in [-0.4, -0.2) is 35.4 Å². The van der Waals surface area contributed by atoms with Crippen molar-refractivity contribution in [1.29, 1.82) is 0 Å². The molecule has 0 aliphatic heterocycles. The van der Waals surface area contributed by atoms with Crippen LogP contribution in [0.5, 0.6) is 11.5 Å². The van der Waals surface area contributed by atoms with Gasteiger partial charge in [-0.3, -0.25) is 0 Å². The van der Waals surface area contributed by atoms with Crippen molar-refractivity contribution in [3.63, 3.8) is 0 Å². The molecule has 2 N–H and O–H groups in total. The zero-order valence-corrected chi connectivity index (χ0v) is 13.7. The summed E-state index contributed by atoms with van der Waals surface area (Å²) in [5.74, 6) is 2.88. The van der Waals surface area contributed by atoms with Gasteiger partial charge in [-0.25, -0.2) is 9.59 Å². The van der Waals surface area contributed by atoms with Crippen molar-refractivity contribution in [2.45, 2.75) is 0 Å². The van der Waals surface area contributed by atoms with Crippen molar-refractivity contribution in [2.24, 2.45) is 0 Å². The second kappa shape index (κ2) is 10.8. The van der Waals surface area contributed by atoms with Crippen LogP contribution in [0.25, 0.3) is 0 Å². The smallest absolute Gasteiger partial charge is 0.342 e. The summed E-state index contributed by atoms with van der Waals surface area (Å²) in [4.78, 5) is 22.3. The molecule has 2 aromatic carbocycles. The van der Waals surface area contributed by atoms with Gasteiger partial charge in [0.25, 0.3) is 0 Å². The summed E-state index contributed by atoms with van der Waals surface area (Å²) in [5.41, 5.74) is 0.246. The van der Waals surface area contributed by atoms with Crippen LogP contribution < -0.4 is 0 Å². The molecule has 2 rings (SSSR count). The molecule has 0 spiro atoms. The maximum atomic E-state index is 11.1. The average molecular weight is 352 g/mol. The Hall–Kier alpha value is -3.90. The molecule has 0 aliphatic rings. The van der Waals surface area contributed by atoms with E-state index in [2.05, 4.69) is 21.3 Å². The van der Waals surface area contributed by atoms with Crippen molar-refractivity contribution < 1.29 is 29.3 Å². The number of benzene rings is 2. The van der Waals surface area contributed by atoms with E-state index in [9.17, 15) is 19.8 Å². The summed E-state index contributed by atoms with van der Waals surface area (Å²) in [7, 11) is 0. The highest BCUT2D eigenvalue weighted by molar-refractivity contribution is 5.92. The molecule has 0 aromatic heterocycles. The molecule has 6 nitrogen and oxygen atoms in total. The summed E-state index contributed by atoms with van der Waals surface area (Å²) in [6, 6.07) is 12.3. The summed E-state index contributed by atoms with van der Waals surface area (Å²) in [5, 5.41) is 18.5. The third-order valence-electron chi connectivity index (χ3n) is 2.82. The molecule has 6 heteroatoms. The van der Waals surface area contributed by atoms with Gasteiger partial charge in [0.05, 0.1) is 0 Å². The van der Waals surface area contributed by atoms with Gasteiger partial charge in [0.2, 0.25) is 0 Å². The van der Waals surface area contributed by atoms with Crippen LogP contribution in [-0.2, 0) is 9.47 Å². The largest absolute Gasteiger partial charge is 0.507 e. The number of carbonyl (C=O) groups is 2. The molecule has 0 aliphatic carbocycles. The number of rotatable bonds is 4. The highest BCUT2D eigenvalue weighted by Gasteiger charge is 2.11. The Balaban J connectivity index is 0.000000260. The molecule has 0 saturated heterocycles. The molecule has 0 atom stereocenters. The molecule has 0 amide bonds. The fourth-order valence-electron chi connectivity index (χ4n) is 1.66. The first-order valence-electron chi connectivity index (χ1n) is 7.28. The Morgan fingerprint density at radius 3 is 1.42 bits per heavy atom. The van der Waals surface area contributed by atoms with Crippen LogP contribution in [0, 0.1) is 24.7 Å². The molecule has 132 valence electrons. The number of ether oxygens (including phenoxy) is 2. The predicted molar refractivity (Wildman–Crippen MR) is 94.4 cm³/mol. The summed E-state index contributed by atoms with van der Waals surface area (Å²) >= 11 is 0. The minimum atomic E-state index is -0.615. The van der Waals surface area contributed by atoms with Crippen LogP contribution in [0.4, 0.5) is 0 Å². The Kier molecular flexibility index (Phi) is 8.36. The van der Waals surface area contributed by atoms with E-state index >= 15 is 0 Å². The first-order valence-corrected chi connectivity index (χ1v) is 7.28.